The van der Waals surface area contributed by atoms with E-state index in [1.165, 1.54) is 18.5 Å². The van der Waals surface area contributed by atoms with E-state index in [0.717, 1.165) is 6.07 Å². The van der Waals surface area contributed by atoms with Crippen LogP contribution in [0.25, 0.3) is 0 Å². The number of aromatic nitrogens is 2. The Morgan fingerprint density at radius 1 is 1.53 bits per heavy atom. The second-order valence-corrected chi connectivity index (χ2v) is 3.51. The number of carbonyl (C=O) groups is 1. The SMILES string of the molecule is Nc1cc(F)ccc1NC(=O)Cn1ccnc1. The monoisotopic (exact) mass is 234 g/mol. The van der Waals surface area contributed by atoms with Crippen molar-refractivity contribution in [1.29, 1.82) is 0 Å². The largest absolute Gasteiger partial charge is 0.397 e. The van der Waals surface area contributed by atoms with Gasteiger partial charge in [0.25, 0.3) is 0 Å². The first-order valence-corrected chi connectivity index (χ1v) is 4.96. The van der Waals surface area contributed by atoms with Crippen molar-refractivity contribution in [2.45, 2.75) is 6.54 Å². The third-order valence-corrected chi connectivity index (χ3v) is 2.17. The number of nitrogens with two attached hydrogens (primary N) is 1. The van der Waals surface area contributed by atoms with Gasteiger partial charge in [0.1, 0.15) is 12.4 Å². The van der Waals surface area contributed by atoms with Crippen molar-refractivity contribution in [2.75, 3.05) is 11.1 Å². The molecular formula is C11H11FN4O. The van der Waals surface area contributed by atoms with Crippen LogP contribution in [0.15, 0.2) is 36.9 Å². The van der Waals surface area contributed by atoms with Gasteiger partial charge in [-0.05, 0) is 18.2 Å². The summed E-state index contributed by atoms with van der Waals surface area (Å²) >= 11 is 0. The molecule has 0 aliphatic heterocycles. The fraction of sp³-hybridized carbons (Fsp3) is 0.0909. The zero-order chi connectivity index (χ0) is 12.3. The van der Waals surface area contributed by atoms with Crippen LogP contribution in [0.5, 0.6) is 0 Å². The van der Waals surface area contributed by atoms with Crippen molar-refractivity contribution in [3.63, 3.8) is 0 Å². The first-order valence-electron chi connectivity index (χ1n) is 4.96. The number of imidazole rings is 1. The Labute approximate surface area is 97.1 Å². The minimum absolute atomic E-state index is 0.136. The van der Waals surface area contributed by atoms with Gasteiger partial charge < -0.3 is 15.6 Å². The molecule has 1 aromatic heterocycles. The molecule has 5 nitrogen and oxygen atoms in total. The number of nitrogens with zero attached hydrogens (tertiary/aromatic N) is 2. The Balaban J connectivity index is 2.03. The van der Waals surface area contributed by atoms with E-state index in [9.17, 15) is 9.18 Å². The minimum Gasteiger partial charge on any atom is -0.397 e. The maximum absolute atomic E-state index is 12.8. The lowest BCUT2D eigenvalue weighted by Gasteiger charge is -2.08. The van der Waals surface area contributed by atoms with Crippen molar-refractivity contribution < 1.29 is 9.18 Å². The van der Waals surface area contributed by atoms with Gasteiger partial charge >= 0.3 is 0 Å². The number of hydrogen-bond donors (Lipinski definition) is 2. The van der Waals surface area contributed by atoms with Gasteiger partial charge in [0.05, 0.1) is 17.7 Å². The number of amides is 1. The highest BCUT2D eigenvalue weighted by atomic mass is 19.1. The number of nitrogen functional groups attached to an aromatic ring is 1. The molecule has 88 valence electrons. The molecule has 6 heteroatoms. The Hall–Kier alpha value is -2.37. The Morgan fingerprint density at radius 2 is 2.35 bits per heavy atom. The fourth-order valence-corrected chi connectivity index (χ4v) is 1.38. The Bertz CT molecular complexity index is 524. The number of hydrogen-bond acceptors (Lipinski definition) is 3. The zero-order valence-corrected chi connectivity index (χ0v) is 8.93. The van der Waals surface area contributed by atoms with Gasteiger partial charge in [-0.2, -0.15) is 0 Å². The summed E-state index contributed by atoms with van der Waals surface area (Å²) in [5.74, 6) is -0.684. The van der Waals surface area contributed by atoms with Crippen molar-refractivity contribution in [1.82, 2.24) is 9.55 Å². The molecule has 0 saturated heterocycles. The van der Waals surface area contributed by atoms with Gasteiger partial charge in [-0.3, -0.25) is 4.79 Å². The Morgan fingerprint density at radius 3 is 3.00 bits per heavy atom. The van der Waals surface area contributed by atoms with Crippen LogP contribution in [-0.2, 0) is 11.3 Å². The van der Waals surface area contributed by atoms with Gasteiger partial charge in [-0.25, -0.2) is 9.37 Å². The van der Waals surface area contributed by atoms with Crippen molar-refractivity contribution >= 4 is 17.3 Å². The number of carbonyl (C=O) groups excluding carboxylic acids is 1. The summed E-state index contributed by atoms with van der Waals surface area (Å²) < 4.78 is 14.4. The van der Waals surface area contributed by atoms with Crippen molar-refractivity contribution in [3.8, 4) is 0 Å². The van der Waals surface area contributed by atoms with E-state index in [4.69, 9.17) is 5.73 Å². The topological polar surface area (TPSA) is 72.9 Å². The third kappa shape index (κ3) is 2.81. The summed E-state index contributed by atoms with van der Waals surface area (Å²) in [6.07, 6.45) is 4.79. The first kappa shape index (κ1) is 11.1. The highest BCUT2D eigenvalue weighted by molar-refractivity contribution is 5.93. The lowest BCUT2D eigenvalue weighted by atomic mass is 10.2. The standard InChI is InChI=1S/C11H11FN4O/c12-8-1-2-10(9(13)5-8)15-11(17)6-16-4-3-14-7-16/h1-5,7H,6,13H2,(H,15,17). The van der Waals surface area contributed by atoms with E-state index in [1.54, 1.807) is 17.0 Å². The van der Waals surface area contributed by atoms with Crippen LogP contribution in [-0.4, -0.2) is 15.5 Å². The predicted molar refractivity (Wildman–Crippen MR) is 61.7 cm³/mol. The molecule has 2 aromatic rings. The van der Waals surface area contributed by atoms with E-state index in [-0.39, 0.29) is 18.1 Å². The summed E-state index contributed by atoms with van der Waals surface area (Å²) in [7, 11) is 0. The maximum atomic E-state index is 12.8. The fourth-order valence-electron chi connectivity index (χ4n) is 1.38. The first-order chi connectivity index (χ1) is 8.15. The summed E-state index contributed by atoms with van der Waals surface area (Å²) in [6, 6.07) is 3.83. The molecule has 0 bridgehead atoms. The van der Waals surface area contributed by atoms with Gasteiger partial charge in [-0.15, -0.1) is 0 Å². The number of anilines is 2. The van der Waals surface area contributed by atoms with E-state index in [0.29, 0.717) is 5.69 Å². The minimum atomic E-state index is -0.435. The molecule has 0 atom stereocenters. The summed E-state index contributed by atoms with van der Waals surface area (Å²) in [5, 5.41) is 2.60. The van der Waals surface area contributed by atoms with E-state index in [1.807, 2.05) is 0 Å². The molecule has 2 rings (SSSR count). The summed E-state index contributed by atoms with van der Waals surface area (Å²) in [5.41, 5.74) is 6.17. The molecule has 3 N–H and O–H groups in total. The van der Waals surface area contributed by atoms with Crippen LogP contribution in [0.4, 0.5) is 15.8 Å². The van der Waals surface area contributed by atoms with Crippen LogP contribution in [0.2, 0.25) is 0 Å². The van der Waals surface area contributed by atoms with E-state index < -0.39 is 5.82 Å². The zero-order valence-electron chi connectivity index (χ0n) is 8.93. The molecule has 1 heterocycles. The number of nitrogens with one attached hydrogen (secondary N) is 1. The molecule has 1 aromatic carbocycles. The molecule has 0 saturated carbocycles. The highest BCUT2D eigenvalue weighted by Gasteiger charge is 2.06. The highest BCUT2D eigenvalue weighted by Crippen LogP contribution is 2.18. The van der Waals surface area contributed by atoms with E-state index >= 15 is 0 Å². The molecule has 0 radical (unpaired) electrons. The molecule has 0 aliphatic carbocycles. The molecule has 0 aliphatic rings. The smallest absolute Gasteiger partial charge is 0.244 e. The number of halogens is 1. The van der Waals surface area contributed by atoms with Crippen LogP contribution in [0.3, 0.4) is 0 Å². The average Bonchev–Trinajstić information content (AvgIpc) is 2.75. The van der Waals surface area contributed by atoms with Crippen LogP contribution >= 0.6 is 0 Å². The molecule has 1 amide bonds. The van der Waals surface area contributed by atoms with Crippen molar-refractivity contribution in [3.05, 3.63) is 42.7 Å². The van der Waals surface area contributed by atoms with Crippen molar-refractivity contribution in [2.24, 2.45) is 0 Å². The van der Waals surface area contributed by atoms with Gasteiger partial charge in [0, 0.05) is 12.4 Å². The quantitative estimate of drug-likeness (QED) is 0.785. The lowest BCUT2D eigenvalue weighted by molar-refractivity contribution is -0.116. The van der Waals surface area contributed by atoms with Crippen LogP contribution in [0, 0.1) is 5.82 Å². The van der Waals surface area contributed by atoms with Crippen LogP contribution in [0.1, 0.15) is 0 Å². The second-order valence-electron chi connectivity index (χ2n) is 3.51. The molecular weight excluding hydrogens is 223 g/mol. The van der Waals surface area contributed by atoms with Gasteiger partial charge in [0.15, 0.2) is 0 Å². The third-order valence-electron chi connectivity index (χ3n) is 2.17. The number of rotatable bonds is 3. The summed E-state index contributed by atoms with van der Waals surface area (Å²) in [6.45, 7) is 0.136. The normalized spacial score (nSPS) is 10.2. The molecule has 0 spiro atoms. The Kier molecular flexibility index (Phi) is 3.04. The van der Waals surface area contributed by atoms with Gasteiger partial charge in [-0.1, -0.05) is 0 Å². The average molecular weight is 234 g/mol. The molecule has 0 fully saturated rings. The predicted octanol–water partition coefficient (Wildman–Crippen LogP) is 1.24. The second kappa shape index (κ2) is 4.65. The van der Waals surface area contributed by atoms with Gasteiger partial charge in [0.2, 0.25) is 5.91 Å². The van der Waals surface area contributed by atoms with Crippen LogP contribution < -0.4 is 11.1 Å². The molecule has 17 heavy (non-hydrogen) atoms. The van der Waals surface area contributed by atoms with E-state index in [2.05, 4.69) is 10.3 Å². The number of benzene rings is 1. The summed E-state index contributed by atoms with van der Waals surface area (Å²) in [4.78, 5) is 15.4. The maximum Gasteiger partial charge on any atom is 0.244 e. The molecule has 0 unspecified atom stereocenters. The lowest BCUT2D eigenvalue weighted by Crippen LogP contribution is -2.18.